The summed E-state index contributed by atoms with van der Waals surface area (Å²) in [5.74, 6) is -0.282. The molecule has 0 aromatic heterocycles. The van der Waals surface area contributed by atoms with Crippen molar-refractivity contribution in [2.45, 2.75) is 38.0 Å². The Morgan fingerprint density at radius 1 is 1.08 bits per heavy atom. The third kappa shape index (κ3) is 3.46. The van der Waals surface area contributed by atoms with Crippen LogP contribution in [0.25, 0.3) is 11.1 Å². The van der Waals surface area contributed by atoms with Crippen LogP contribution in [0.1, 0.15) is 31.7 Å². The van der Waals surface area contributed by atoms with E-state index in [1.54, 1.807) is 18.2 Å². The molecule has 0 spiro atoms. The predicted molar refractivity (Wildman–Crippen MR) is 104 cm³/mol. The van der Waals surface area contributed by atoms with Crippen LogP contribution in [-0.2, 0) is 14.8 Å². The number of aryl methyl sites for hydroxylation is 1. The van der Waals surface area contributed by atoms with E-state index in [0.717, 1.165) is 30.4 Å². The Morgan fingerprint density at radius 2 is 1.85 bits per heavy atom. The number of anilines is 1. The molecular formula is C20H24N2O3S. The normalized spacial score (nSPS) is 14.5. The number of sulfonamides is 1. The maximum absolute atomic E-state index is 13.1. The zero-order valence-electron chi connectivity index (χ0n) is 15.2. The summed E-state index contributed by atoms with van der Waals surface area (Å²) in [6, 6.07) is 12.6. The summed E-state index contributed by atoms with van der Waals surface area (Å²) < 4.78 is 27.4. The van der Waals surface area contributed by atoms with E-state index < -0.39 is 10.0 Å². The Balaban J connectivity index is 1.95. The molecule has 0 bridgehead atoms. The van der Waals surface area contributed by atoms with Crippen LogP contribution in [0.4, 0.5) is 5.69 Å². The zero-order valence-corrected chi connectivity index (χ0v) is 16.0. The number of fused-ring (bicyclic) bond motifs is 3. The highest BCUT2D eigenvalue weighted by atomic mass is 32.2. The largest absolute Gasteiger partial charge is 0.355 e. The number of nitrogens with zero attached hydrogens (tertiary/aromatic N) is 1. The minimum atomic E-state index is -3.77. The second kappa shape index (κ2) is 7.50. The number of hydrogen-bond acceptors (Lipinski definition) is 3. The van der Waals surface area contributed by atoms with E-state index in [1.807, 2.05) is 31.2 Å². The van der Waals surface area contributed by atoms with Crippen LogP contribution in [0.15, 0.2) is 47.4 Å². The Bertz CT molecular complexity index is 922. The molecule has 0 radical (unpaired) electrons. The van der Waals surface area contributed by atoms with Crippen LogP contribution in [-0.4, -0.2) is 27.4 Å². The maximum atomic E-state index is 13.1. The van der Waals surface area contributed by atoms with Gasteiger partial charge < -0.3 is 5.32 Å². The summed E-state index contributed by atoms with van der Waals surface area (Å²) in [5, 5.41) is 2.82. The topological polar surface area (TPSA) is 66.5 Å². The first-order valence-corrected chi connectivity index (χ1v) is 10.4. The molecule has 1 heterocycles. The molecule has 26 heavy (non-hydrogen) atoms. The van der Waals surface area contributed by atoms with Gasteiger partial charge in [0.15, 0.2) is 0 Å². The molecule has 0 saturated heterocycles. The molecule has 2 aromatic rings. The molecule has 2 aromatic carbocycles. The molecule has 6 heteroatoms. The maximum Gasteiger partial charge on any atom is 0.265 e. The predicted octanol–water partition coefficient (Wildman–Crippen LogP) is 3.48. The first-order valence-electron chi connectivity index (χ1n) is 8.94. The van der Waals surface area contributed by atoms with Crippen molar-refractivity contribution >= 4 is 21.6 Å². The zero-order chi connectivity index (χ0) is 18.7. The Labute approximate surface area is 155 Å². The van der Waals surface area contributed by atoms with Crippen molar-refractivity contribution < 1.29 is 13.2 Å². The lowest BCUT2D eigenvalue weighted by molar-refractivity contribution is -0.119. The highest BCUT2D eigenvalue weighted by Crippen LogP contribution is 2.43. The van der Waals surface area contributed by atoms with Gasteiger partial charge in [0.1, 0.15) is 6.54 Å². The van der Waals surface area contributed by atoms with E-state index in [4.69, 9.17) is 0 Å². The van der Waals surface area contributed by atoms with E-state index in [9.17, 15) is 13.2 Å². The van der Waals surface area contributed by atoms with Gasteiger partial charge in [-0.3, -0.25) is 9.10 Å². The second-order valence-electron chi connectivity index (χ2n) is 6.59. The molecule has 0 saturated carbocycles. The van der Waals surface area contributed by atoms with Gasteiger partial charge >= 0.3 is 0 Å². The Kier molecular flexibility index (Phi) is 5.32. The number of rotatable bonds is 6. The summed E-state index contributed by atoms with van der Waals surface area (Å²) in [5.41, 5.74) is 3.12. The molecule has 1 amide bonds. The third-order valence-corrected chi connectivity index (χ3v) is 6.37. The van der Waals surface area contributed by atoms with E-state index in [1.165, 1.54) is 4.31 Å². The van der Waals surface area contributed by atoms with Crippen molar-refractivity contribution in [3.8, 4) is 11.1 Å². The summed E-state index contributed by atoms with van der Waals surface area (Å²) in [7, 11) is -3.77. The number of carbonyl (C=O) groups excluding carboxylic acids is 1. The Hall–Kier alpha value is -2.34. The highest BCUT2D eigenvalue weighted by Gasteiger charge is 2.35. The lowest BCUT2D eigenvalue weighted by atomic mass is 10.0. The van der Waals surface area contributed by atoms with Crippen LogP contribution in [0, 0.1) is 6.92 Å². The molecule has 0 atom stereocenters. The van der Waals surface area contributed by atoms with E-state index >= 15 is 0 Å². The molecule has 1 N–H and O–H groups in total. The van der Waals surface area contributed by atoms with E-state index in [-0.39, 0.29) is 17.3 Å². The van der Waals surface area contributed by atoms with Crippen molar-refractivity contribution in [3.63, 3.8) is 0 Å². The van der Waals surface area contributed by atoms with Gasteiger partial charge in [-0.15, -0.1) is 0 Å². The number of carbonyl (C=O) groups is 1. The molecule has 138 valence electrons. The fraction of sp³-hybridized carbons (Fsp3) is 0.350. The number of unbranched alkanes of at least 4 members (excludes halogenated alkanes) is 2. The van der Waals surface area contributed by atoms with Crippen molar-refractivity contribution in [1.29, 1.82) is 0 Å². The molecule has 5 nitrogen and oxygen atoms in total. The third-order valence-electron chi connectivity index (χ3n) is 4.56. The van der Waals surface area contributed by atoms with Crippen molar-refractivity contribution in [1.82, 2.24) is 5.32 Å². The minimum absolute atomic E-state index is 0.209. The number of benzene rings is 2. The quantitative estimate of drug-likeness (QED) is 0.790. The van der Waals surface area contributed by atoms with Crippen LogP contribution < -0.4 is 9.62 Å². The van der Waals surface area contributed by atoms with Crippen LogP contribution >= 0.6 is 0 Å². The van der Waals surface area contributed by atoms with Gasteiger partial charge in [-0.1, -0.05) is 49.6 Å². The second-order valence-corrected chi connectivity index (χ2v) is 8.42. The summed E-state index contributed by atoms with van der Waals surface area (Å²) in [6.45, 7) is 4.42. The van der Waals surface area contributed by atoms with E-state index in [0.29, 0.717) is 17.8 Å². The monoisotopic (exact) mass is 372 g/mol. The van der Waals surface area contributed by atoms with Crippen molar-refractivity contribution in [2.24, 2.45) is 0 Å². The molecule has 3 rings (SSSR count). The summed E-state index contributed by atoms with van der Waals surface area (Å²) >= 11 is 0. The first-order chi connectivity index (χ1) is 12.4. The summed E-state index contributed by atoms with van der Waals surface area (Å²) in [6.07, 6.45) is 3.01. The standard InChI is InChI=1S/C20H24N2O3S/c1-3-4-7-12-21-20(23)14-22-18-11-10-15(2)13-17(18)16-8-5-6-9-19(16)26(22,24)25/h5-6,8-11,13H,3-4,7,12,14H2,1-2H3,(H,21,23). The molecule has 1 aliphatic heterocycles. The van der Waals surface area contributed by atoms with Crippen LogP contribution in [0.3, 0.4) is 0 Å². The van der Waals surface area contributed by atoms with Crippen LogP contribution in [0.2, 0.25) is 0 Å². The lowest BCUT2D eigenvalue weighted by Gasteiger charge is -2.31. The molecule has 1 aliphatic rings. The van der Waals surface area contributed by atoms with Crippen molar-refractivity contribution in [2.75, 3.05) is 17.4 Å². The smallest absolute Gasteiger partial charge is 0.265 e. The van der Waals surface area contributed by atoms with E-state index in [2.05, 4.69) is 12.2 Å². The molecule has 0 aliphatic carbocycles. The van der Waals surface area contributed by atoms with Gasteiger partial charge in [-0.25, -0.2) is 8.42 Å². The fourth-order valence-corrected chi connectivity index (χ4v) is 4.85. The average Bonchev–Trinajstić information content (AvgIpc) is 2.63. The van der Waals surface area contributed by atoms with Gasteiger partial charge in [-0.2, -0.15) is 0 Å². The summed E-state index contributed by atoms with van der Waals surface area (Å²) in [4.78, 5) is 12.6. The molecule has 0 unspecified atom stereocenters. The van der Waals surface area contributed by atoms with Gasteiger partial charge in [0, 0.05) is 17.7 Å². The number of nitrogens with one attached hydrogen (secondary N) is 1. The van der Waals surface area contributed by atoms with Crippen molar-refractivity contribution in [3.05, 3.63) is 48.0 Å². The SMILES string of the molecule is CCCCCNC(=O)CN1c2ccc(C)cc2-c2ccccc2S1(=O)=O. The highest BCUT2D eigenvalue weighted by molar-refractivity contribution is 7.93. The first kappa shape index (κ1) is 18.5. The van der Waals surface area contributed by atoms with Crippen LogP contribution in [0.5, 0.6) is 0 Å². The molecular weight excluding hydrogens is 348 g/mol. The van der Waals surface area contributed by atoms with Gasteiger partial charge in [0.05, 0.1) is 10.6 Å². The number of amides is 1. The minimum Gasteiger partial charge on any atom is -0.355 e. The fourth-order valence-electron chi connectivity index (χ4n) is 3.20. The lowest BCUT2D eigenvalue weighted by Crippen LogP contribution is -2.42. The Morgan fingerprint density at radius 3 is 2.62 bits per heavy atom. The number of hydrogen-bond donors (Lipinski definition) is 1. The van der Waals surface area contributed by atoms with Gasteiger partial charge in [0.25, 0.3) is 10.0 Å². The van der Waals surface area contributed by atoms with Gasteiger partial charge in [-0.05, 0) is 31.5 Å². The molecule has 0 fully saturated rings. The van der Waals surface area contributed by atoms with Gasteiger partial charge in [0.2, 0.25) is 5.91 Å². The average molecular weight is 372 g/mol.